The summed E-state index contributed by atoms with van der Waals surface area (Å²) < 4.78 is 17.2. The number of allylic oxidation sites excluding steroid dienone is 4. The number of hydrogen-bond donors (Lipinski definition) is 0. The number of esters is 2. The monoisotopic (exact) mass is 733 g/mol. The minimum atomic E-state index is -0.531. The van der Waals surface area contributed by atoms with Crippen LogP contribution in [0.15, 0.2) is 24.3 Å². The molecule has 0 amide bonds. The molecule has 0 aromatic heterocycles. The topological polar surface area (TPSA) is 61.8 Å². The van der Waals surface area contributed by atoms with E-state index in [-0.39, 0.29) is 25.2 Å². The predicted octanol–water partition coefficient (Wildman–Crippen LogP) is 14.9. The number of unbranched alkanes of at least 4 members (excludes halogenated alkanes) is 27. The molecule has 0 aromatic rings. The fourth-order valence-electron chi connectivity index (χ4n) is 6.48. The van der Waals surface area contributed by atoms with Gasteiger partial charge in [-0.15, -0.1) is 0 Å². The molecule has 5 nitrogen and oxygen atoms in total. The van der Waals surface area contributed by atoms with Crippen molar-refractivity contribution < 1.29 is 23.8 Å². The van der Waals surface area contributed by atoms with Gasteiger partial charge in [0, 0.05) is 19.4 Å². The van der Waals surface area contributed by atoms with Gasteiger partial charge in [0.2, 0.25) is 0 Å². The van der Waals surface area contributed by atoms with Crippen molar-refractivity contribution in [2.75, 3.05) is 19.8 Å². The van der Waals surface area contributed by atoms with Crippen molar-refractivity contribution in [3.8, 4) is 0 Å². The Morgan fingerprint density at radius 1 is 0.404 bits per heavy atom. The minimum Gasteiger partial charge on any atom is -0.462 e. The molecule has 1 atom stereocenters. The number of hydrogen-bond acceptors (Lipinski definition) is 5. The van der Waals surface area contributed by atoms with Crippen molar-refractivity contribution in [1.82, 2.24) is 0 Å². The molecule has 0 N–H and O–H groups in total. The normalized spacial score (nSPS) is 12.3. The Bertz CT molecular complexity index is 791. The van der Waals surface area contributed by atoms with Crippen LogP contribution in [0.2, 0.25) is 0 Å². The number of rotatable bonds is 42. The molecule has 52 heavy (non-hydrogen) atoms. The Morgan fingerprint density at radius 2 is 0.769 bits per heavy atom. The van der Waals surface area contributed by atoms with Gasteiger partial charge < -0.3 is 14.2 Å². The molecule has 0 aliphatic rings. The van der Waals surface area contributed by atoms with Crippen molar-refractivity contribution in [2.24, 2.45) is 0 Å². The Kier molecular flexibility index (Phi) is 42.4. The van der Waals surface area contributed by atoms with Crippen LogP contribution in [0, 0.1) is 0 Å². The fraction of sp³-hybridized carbons (Fsp3) is 0.872. The summed E-state index contributed by atoms with van der Waals surface area (Å²) in [5.74, 6) is -0.408. The Hall–Kier alpha value is -1.62. The highest BCUT2D eigenvalue weighted by atomic mass is 16.6. The van der Waals surface area contributed by atoms with Gasteiger partial charge in [-0.2, -0.15) is 0 Å². The second kappa shape index (κ2) is 43.8. The van der Waals surface area contributed by atoms with Gasteiger partial charge in [-0.05, 0) is 64.2 Å². The van der Waals surface area contributed by atoms with Gasteiger partial charge in [0.25, 0.3) is 0 Å². The van der Waals surface area contributed by atoms with E-state index in [1.165, 1.54) is 154 Å². The Morgan fingerprint density at radius 3 is 1.23 bits per heavy atom. The summed E-state index contributed by atoms with van der Waals surface area (Å²) >= 11 is 0. The maximum absolute atomic E-state index is 12.6. The van der Waals surface area contributed by atoms with Crippen LogP contribution in [-0.4, -0.2) is 37.9 Å². The largest absolute Gasteiger partial charge is 0.462 e. The van der Waals surface area contributed by atoms with Crippen molar-refractivity contribution in [2.45, 2.75) is 245 Å². The summed E-state index contributed by atoms with van der Waals surface area (Å²) in [7, 11) is 0. The third-order valence-corrected chi connectivity index (χ3v) is 9.96. The van der Waals surface area contributed by atoms with E-state index in [0.29, 0.717) is 19.4 Å². The van der Waals surface area contributed by atoms with Crippen LogP contribution in [0.3, 0.4) is 0 Å². The summed E-state index contributed by atoms with van der Waals surface area (Å²) in [6.45, 7) is 7.76. The molecule has 0 aliphatic carbocycles. The highest BCUT2D eigenvalue weighted by Gasteiger charge is 2.17. The first-order chi connectivity index (χ1) is 25.6. The Labute approximate surface area is 324 Å². The fourth-order valence-corrected chi connectivity index (χ4v) is 6.48. The third-order valence-electron chi connectivity index (χ3n) is 9.96. The molecule has 0 saturated carbocycles. The van der Waals surface area contributed by atoms with Crippen LogP contribution < -0.4 is 0 Å². The maximum atomic E-state index is 12.6. The first kappa shape index (κ1) is 50.4. The maximum Gasteiger partial charge on any atom is 0.306 e. The van der Waals surface area contributed by atoms with Crippen LogP contribution in [0.4, 0.5) is 0 Å². The smallest absolute Gasteiger partial charge is 0.306 e. The molecule has 0 radical (unpaired) electrons. The first-order valence-electron chi connectivity index (χ1n) is 22.9. The molecule has 0 saturated heterocycles. The van der Waals surface area contributed by atoms with Gasteiger partial charge in [-0.1, -0.05) is 186 Å². The zero-order valence-corrected chi connectivity index (χ0v) is 35.1. The van der Waals surface area contributed by atoms with E-state index in [9.17, 15) is 9.59 Å². The van der Waals surface area contributed by atoms with E-state index in [0.717, 1.165) is 51.4 Å². The molecule has 0 bridgehead atoms. The van der Waals surface area contributed by atoms with Crippen molar-refractivity contribution in [1.29, 1.82) is 0 Å². The minimum absolute atomic E-state index is 0.0842. The molecular formula is C47H88O5. The zero-order valence-electron chi connectivity index (χ0n) is 35.1. The zero-order chi connectivity index (χ0) is 37.8. The van der Waals surface area contributed by atoms with Gasteiger partial charge in [0.15, 0.2) is 6.10 Å². The van der Waals surface area contributed by atoms with Crippen LogP contribution in [0.25, 0.3) is 0 Å². The Balaban J connectivity index is 4.10. The molecule has 0 aromatic carbocycles. The SMILES string of the molecule is CCCC/C=C\CCCCCCCC(=O)OCC(COCCCCCCCCCC/C=C\CCCCCCCC)OC(=O)CCCCCCCCC. The molecule has 0 spiro atoms. The summed E-state index contributed by atoms with van der Waals surface area (Å²) in [6, 6.07) is 0. The van der Waals surface area contributed by atoms with E-state index < -0.39 is 6.10 Å². The predicted molar refractivity (Wildman–Crippen MR) is 224 cm³/mol. The average molecular weight is 733 g/mol. The summed E-state index contributed by atoms with van der Waals surface area (Å²) in [5, 5.41) is 0. The van der Waals surface area contributed by atoms with Crippen LogP contribution >= 0.6 is 0 Å². The standard InChI is InChI=1S/C47H88O5/c1-4-7-10-13-16-18-20-21-22-23-24-25-26-28-30-33-36-39-42-50-43-45(52-47(49)41-38-35-31-15-12-9-6-3)44-51-46(48)40-37-34-32-29-27-19-17-14-11-8-5-2/h14,17,21-22,45H,4-13,15-16,18-20,23-44H2,1-3H3/b17-14-,22-21-. The van der Waals surface area contributed by atoms with Gasteiger partial charge in [-0.25, -0.2) is 0 Å². The highest BCUT2D eigenvalue weighted by Crippen LogP contribution is 2.14. The lowest BCUT2D eigenvalue weighted by Crippen LogP contribution is -2.30. The third kappa shape index (κ3) is 41.1. The number of ether oxygens (including phenoxy) is 3. The molecular weight excluding hydrogens is 645 g/mol. The summed E-state index contributed by atoms with van der Waals surface area (Å²) in [4.78, 5) is 25.1. The highest BCUT2D eigenvalue weighted by molar-refractivity contribution is 5.70. The van der Waals surface area contributed by atoms with Gasteiger partial charge in [0.1, 0.15) is 6.61 Å². The van der Waals surface area contributed by atoms with Crippen LogP contribution in [0.5, 0.6) is 0 Å². The van der Waals surface area contributed by atoms with Gasteiger partial charge >= 0.3 is 11.9 Å². The van der Waals surface area contributed by atoms with E-state index in [4.69, 9.17) is 14.2 Å². The van der Waals surface area contributed by atoms with Crippen LogP contribution in [-0.2, 0) is 23.8 Å². The first-order valence-corrected chi connectivity index (χ1v) is 22.9. The van der Waals surface area contributed by atoms with Gasteiger partial charge in [0.05, 0.1) is 6.61 Å². The number of carbonyl (C=O) groups excluding carboxylic acids is 2. The van der Waals surface area contributed by atoms with Crippen LogP contribution in [0.1, 0.15) is 239 Å². The molecule has 0 rings (SSSR count). The van der Waals surface area contributed by atoms with E-state index >= 15 is 0 Å². The lowest BCUT2D eigenvalue weighted by Gasteiger charge is -2.18. The molecule has 0 heterocycles. The molecule has 0 fully saturated rings. The molecule has 306 valence electrons. The van der Waals surface area contributed by atoms with E-state index in [1.54, 1.807) is 0 Å². The van der Waals surface area contributed by atoms with Crippen molar-refractivity contribution in [3.05, 3.63) is 24.3 Å². The average Bonchev–Trinajstić information content (AvgIpc) is 3.14. The lowest BCUT2D eigenvalue weighted by molar-refractivity contribution is -0.163. The molecule has 5 heteroatoms. The quantitative estimate of drug-likeness (QED) is 0.0355. The van der Waals surface area contributed by atoms with Crippen molar-refractivity contribution in [3.63, 3.8) is 0 Å². The van der Waals surface area contributed by atoms with E-state index in [1.807, 2.05) is 0 Å². The molecule has 0 aliphatic heterocycles. The second-order valence-electron chi connectivity index (χ2n) is 15.3. The lowest BCUT2D eigenvalue weighted by atomic mass is 10.1. The van der Waals surface area contributed by atoms with Crippen molar-refractivity contribution >= 4 is 11.9 Å². The molecule has 1 unspecified atom stereocenters. The number of carbonyl (C=O) groups is 2. The summed E-state index contributed by atoms with van der Waals surface area (Å²) in [6.07, 6.45) is 49.0. The second-order valence-corrected chi connectivity index (χ2v) is 15.3. The summed E-state index contributed by atoms with van der Waals surface area (Å²) in [5.41, 5.74) is 0. The van der Waals surface area contributed by atoms with E-state index in [2.05, 4.69) is 45.1 Å². The van der Waals surface area contributed by atoms with Gasteiger partial charge in [-0.3, -0.25) is 9.59 Å².